The van der Waals surface area contributed by atoms with Gasteiger partial charge in [0.05, 0.1) is 0 Å². The van der Waals surface area contributed by atoms with Gasteiger partial charge in [-0.15, -0.1) is 0 Å². The summed E-state index contributed by atoms with van der Waals surface area (Å²) in [6.45, 7) is 4.58. The average Bonchev–Trinajstić information content (AvgIpc) is 2.13. The molecular weight excluding hydrogens is 324 g/mol. The summed E-state index contributed by atoms with van der Waals surface area (Å²) in [5.41, 5.74) is 0. The Morgan fingerprint density at radius 2 is 0.864 bits per heavy atom. The Morgan fingerprint density at radius 3 is 0.864 bits per heavy atom. The molecule has 0 saturated carbocycles. The van der Waals surface area contributed by atoms with Crippen LogP contribution in [-0.2, 0) is 19.4 Å². The van der Waals surface area contributed by atoms with Crippen LogP contribution in [0, 0.1) is 0 Å². The Kier molecular flexibility index (Phi) is 34.1. The monoisotopic (exact) mass is 360 g/mol. The molecule has 0 bridgehead atoms. The van der Waals surface area contributed by atoms with Crippen LogP contribution >= 0.6 is 11.8 Å². The van der Waals surface area contributed by atoms with Crippen LogP contribution in [0.15, 0.2) is 0 Å². The van der Waals surface area contributed by atoms with Crippen molar-refractivity contribution >= 4 is 33.3 Å². The summed E-state index contributed by atoms with van der Waals surface area (Å²) in [5.74, 6) is 0.259. The maximum absolute atomic E-state index is 10.1. The van der Waals surface area contributed by atoms with Crippen molar-refractivity contribution < 1.29 is 18.0 Å². The third-order valence-electron chi connectivity index (χ3n) is 0.630. The Bertz CT molecular complexity index is 326. The molecule has 1 amide bonds. The predicted octanol–water partition coefficient (Wildman–Crippen LogP) is 1.51. The summed E-state index contributed by atoms with van der Waals surface area (Å²) in [7, 11) is 6.78. The second-order valence-corrected chi connectivity index (χ2v) is 8.32. The molecule has 0 aliphatic rings. The van der Waals surface area contributed by atoms with Crippen LogP contribution in [0.3, 0.4) is 0 Å². The molecule has 0 aromatic heterocycles. The van der Waals surface area contributed by atoms with E-state index in [0.717, 1.165) is 12.5 Å². The fourth-order valence-corrected chi connectivity index (χ4v) is 0. The van der Waals surface area contributed by atoms with E-state index < -0.39 is 9.84 Å². The van der Waals surface area contributed by atoms with Gasteiger partial charge in [-0.2, -0.15) is 11.8 Å². The number of carbonyl (C=O) groups excluding carboxylic acids is 2. The van der Waals surface area contributed by atoms with Crippen molar-refractivity contribution in [2.24, 2.45) is 0 Å². The van der Waals surface area contributed by atoms with Crippen molar-refractivity contribution in [3.63, 3.8) is 0 Å². The van der Waals surface area contributed by atoms with Crippen LogP contribution in [0.5, 0.6) is 0 Å². The van der Waals surface area contributed by atoms with E-state index in [1.807, 2.05) is 38.6 Å². The second-order valence-electron chi connectivity index (χ2n) is 5.21. The summed E-state index contributed by atoms with van der Waals surface area (Å²) >= 11 is 1.75. The highest BCUT2D eigenvalue weighted by Gasteiger charge is 1.87. The van der Waals surface area contributed by atoms with Crippen LogP contribution in [0.25, 0.3) is 0 Å². The van der Waals surface area contributed by atoms with Crippen LogP contribution in [0.2, 0.25) is 0 Å². The van der Waals surface area contributed by atoms with Crippen molar-refractivity contribution in [1.29, 1.82) is 0 Å². The Balaban J connectivity index is -0.0000000559. The number of hydrogen-bond donors (Lipinski definition) is 0. The lowest BCUT2D eigenvalue weighted by Crippen LogP contribution is -2.17. The highest BCUT2D eigenvalue weighted by Crippen LogP contribution is 1.70. The van der Waals surface area contributed by atoms with Gasteiger partial charge in [-0.3, -0.25) is 4.79 Å². The Hall–Kier alpha value is -0.600. The zero-order valence-corrected chi connectivity index (χ0v) is 18.0. The van der Waals surface area contributed by atoms with E-state index in [-0.39, 0.29) is 11.7 Å². The summed E-state index contributed by atoms with van der Waals surface area (Å²) in [5, 5.41) is 0. The number of rotatable bonds is 0. The van der Waals surface area contributed by atoms with Crippen molar-refractivity contribution in [2.45, 2.75) is 20.8 Å². The molecule has 0 spiro atoms. The number of nitrogens with zero attached hydrogens (tertiary/aromatic N) is 2. The summed E-state index contributed by atoms with van der Waals surface area (Å²) in [6, 6.07) is 0. The molecule has 0 N–H and O–H groups in total. The van der Waals surface area contributed by atoms with E-state index >= 15 is 0 Å². The van der Waals surface area contributed by atoms with Gasteiger partial charge >= 0.3 is 0 Å². The van der Waals surface area contributed by atoms with Crippen LogP contribution < -0.4 is 0 Å². The highest BCUT2D eigenvalue weighted by atomic mass is 32.2. The third-order valence-corrected chi connectivity index (χ3v) is 0.630. The van der Waals surface area contributed by atoms with Gasteiger partial charge in [0, 0.05) is 33.5 Å². The normalized spacial score (nSPS) is 8.41. The number of amides is 1. The molecule has 0 aromatic rings. The zero-order chi connectivity index (χ0) is 19.5. The molecule has 0 rings (SSSR count). The molecule has 0 fully saturated rings. The highest BCUT2D eigenvalue weighted by molar-refractivity contribution is 7.97. The van der Waals surface area contributed by atoms with E-state index in [0.29, 0.717) is 0 Å². The molecule has 22 heavy (non-hydrogen) atoms. The number of thioether (sulfide) groups is 1. The van der Waals surface area contributed by atoms with Gasteiger partial charge in [0.15, 0.2) is 0 Å². The van der Waals surface area contributed by atoms with Gasteiger partial charge in [0.1, 0.15) is 15.6 Å². The van der Waals surface area contributed by atoms with E-state index in [9.17, 15) is 18.0 Å². The number of Topliss-reactive ketones (excluding diaryl/α,β-unsaturated/α-hetero) is 1. The van der Waals surface area contributed by atoms with E-state index in [1.165, 1.54) is 25.7 Å². The molecule has 138 valence electrons. The quantitative estimate of drug-likeness (QED) is 0.652. The fraction of sp³-hybridized carbons (Fsp3) is 0.857. The number of hydrogen-bond acceptors (Lipinski definition) is 6. The largest absolute Gasteiger partial charge is 0.349 e. The molecule has 0 atom stereocenters. The van der Waals surface area contributed by atoms with Crippen molar-refractivity contribution in [2.75, 3.05) is 60.3 Å². The predicted molar refractivity (Wildman–Crippen MR) is 101 cm³/mol. The van der Waals surface area contributed by atoms with Crippen LogP contribution in [-0.4, -0.2) is 90.2 Å². The lowest BCUT2D eigenvalue weighted by molar-refractivity contribution is -0.126. The minimum absolute atomic E-state index is 0.0926. The first kappa shape index (κ1) is 33.1. The van der Waals surface area contributed by atoms with Gasteiger partial charge in [0.2, 0.25) is 5.91 Å². The van der Waals surface area contributed by atoms with Crippen LogP contribution in [0.4, 0.5) is 0 Å². The number of sulfone groups is 1. The molecule has 8 heteroatoms. The third kappa shape index (κ3) is 568. The standard InChI is InChI=1S/C4H9NO.C3H9N.C3H6O.C2H6O2S.C2H6S/c1-4(6)5(2)3;1-4(2)3;1-3(2)4;1-5(2,3)4;1-3-2/h1-3H3;1-3H3;1-2H3;1-2H3;1-2H3. The minimum Gasteiger partial charge on any atom is -0.349 e. The first-order valence-corrected chi connectivity index (χ1v) is 10.3. The van der Waals surface area contributed by atoms with Gasteiger partial charge in [-0.05, 0) is 47.5 Å². The van der Waals surface area contributed by atoms with Gasteiger partial charge in [-0.25, -0.2) is 8.42 Å². The first-order chi connectivity index (χ1) is 9.52. The summed E-state index contributed by atoms with van der Waals surface area (Å²) in [6.07, 6.45) is 6.40. The fourth-order valence-electron chi connectivity index (χ4n) is 0. The second kappa shape index (κ2) is 22.7. The first-order valence-electron chi connectivity index (χ1n) is 6.33. The molecule has 0 saturated heterocycles. The van der Waals surface area contributed by atoms with Crippen LogP contribution in [0.1, 0.15) is 20.8 Å². The summed E-state index contributed by atoms with van der Waals surface area (Å²) < 4.78 is 19.3. The molecule has 0 aliphatic carbocycles. The number of ketones is 1. The van der Waals surface area contributed by atoms with Gasteiger partial charge < -0.3 is 14.6 Å². The lowest BCUT2D eigenvalue weighted by atomic mass is 10.6. The molecule has 6 nitrogen and oxygen atoms in total. The average molecular weight is 361 g/mol. The Morgan fingerprint density at radius 1 is 0.818 bits per heavy atom. The van der Waals surface area contributed by atoms with Gasteiger partial charge in [0.25, 0.3) is 0 Å². The maximum atomic E-state index is 10.1. The topological polar surface area (TPSA) is 74.8 Å². The van der Waals surface area contributed by atoms with E-state index in [1.54, 1.807) is 25.9 Å². The smallest absolute Gasteiger partial charge is 0.218 e. The molecule has 0 aromatic carbocycles. The minimum atomic E-state index is -2.67. The maximum Gasteiger partial charge on any atom is 0.218 e. The zero-order valence-electron chi connectivity index (χ0n) is 16.3. The number of carbonyl (C=O) groups is 2. The molecule has 0 unspecified atom stereocenters. The van der Waals surface area contributed by atoms with E-state index in [2.05, 4.69) is 0 Å². The molecule has 0 aliphatic heterocycles. The van der Waals surface area contributed by atoms with Crippen molar-refractivity contribution in [3.05, 3.63) is 0 Å². The van der Waals surface area contributed by atoms with Gasteiger partial charge in [-0.1, -0.05) is 0 Å². The van der Waals surface area contributed by atoms with Crippen molar-refractivity contribution in [3.8, 4) is 0 Å². The molecular formula is C14H36N2O4S2. The summed E-state index contributed by atoms with van der Waals surface area (Å²) in [4.78, 5) is 23.0. The molecule has 0 radical (unpaired) electrons. The Labute approximate surface area is 142 Å². The lowest BCUT2D eigenvalue weighted by Gasteiger charge is -2.02. The SMILES string of the molecule is CC(=O)N(C)C.CC(C)=O.CN(C)C.CS(C)(=O)=O.CSC. The van der Waals surface area contributed by atoms with Crippen molar-refractivity contribution in [1.82, 2.24) is 9.80 Å². The van der Waals surface area contributed by atoms with E-state index in [4.69, 9.17) is 0 Å². The molecule has 0 heterocycles.